The molecule has 1 fully saturated rings. The van der Waals surface area contributed by atoms with E-state index in [1.807, 2.05) is 29.2 Å². The molecule has 0 radical (unpaired) electrons. The minimum absolute atomic E-state index is 0.0587. The van der Waals surface area contributed by atoms with Crippen molar-refractivity contribution in [3.8, 4) is 5.69 Å². The third-order valence-electron chi connectivity index (χ3n) is 6.76. The number of rotatable bonds is 4. The first kappa shape index (κ1) is 25.0. The molecule has 5 rings (SSSR count). The van der Waals surface area contributed by atoms with Gasteiger partial charge in [0.2, 0.25) is 0 Å². The van der Waals surface area contributed by atoms with Gasteiger partial charge in [-0.05, 0) is 92.6 Å². The van der Waals surface area contributed by atoms with Gasteiger partial charge in [0.15, 0.2) is 5.11 Å². The van der Waals surface area contributed by atoms with Crippen LogP contribution in [0.25, 0.3) is 5.69 Å². The number of halogens is 4. The zero-order chi connectivity index (χ0) is 26.5. The Balaban J connectivity index is 1.71. The average Bonchev–Trinajstić information content (AvgIpc) is 3.36. The molecule has 4 aromatic rings. The number of benzene rings is 2. The van der Waals surface area contributed by atoms with Crippen LogP contribution in [-0.2, 0) is 6.18 Å². The predicted octanol–water partition coefficient (Wildman–Crippen LogP) is 7.13. The molecule has 190 valence electrons. The summed E-state index contributed by atoms with van der Waals surface area (Å²) in [6, 6.07) is 16.9. The highest BCUT2D eigenvalue weighted by atomic mass is 32.1. The summed E-state index contributed by atoms with van der Waals surface area (Å²) in [5, 5.41) is 3.77. The summed E-state index contributed by atoms with van der Waals surface area (Å²) in [4.78, 5) is 6.42. The number of thiocarbonyl (C=S) groups is 1. The molecule has 1 aliphatic rings. The molecule has 4 nitrogen and oxygen atoms in total. The second-order valence-electron chi connectivity index (χ2n) is 9.11. The van der Waals surface area contributed by atoms with Crippen LogP contribution >= 0.6 is 12.2 Å². The fraction of sp³-hybridized carbons (Fsp3) is 0.214. The number of nitrogens with zero attached hydrogens (tertiary/aromatic N) is 3. The summed E-state index contributed by atoms with van der Waals surface area (Å²) in [5.41, 5.74) is 3.31. The molecule has 0 unspecified atom stereocenters. The van der Waals surface area contributed by atoms with E-state index < -0.39 is 17.8 Å². The van der Waals surface area contributed by atoms with Crippen molar-refractivity contribution in [3.05, 3.63) is 113 Å². The first-order valence-corrected chi connectivity index (χ1v) is 12.1. The Morgan fingerprint density at radius 1 is 0.946 bits per heavy atom. The van der Waals surface area contributed by atoms with E-state index in [-0.39, 0.29) is 17.5 Å². The van der Waals surface area contributed by atoms with Gasteiger partial charge in [0.25, 0.3) is 0 Å². The van der Waals surface area contributed by atoms with Gasteiger partial charge in [-0.1, -0.05) is 18.2 Å². The molecule has 0 bridgehead atoms. The first-order chi connectivity index (χ1) is 17.6. The van der Waals surface area contributed by atoms with Crippen LogP contribution in [0.2, 0.25) is 0 Å². The molecule has 3 heterocycles. The molecule has 2 aromatic heterocycles. The summed E-state index contributed by atoms with van der Waals surface area (Å²) < 4.78 is 57.5. The number of alkyl halides is 3. The number of aromatic nitrogens is 2. The van der Waals surface area contributed by atoms with Crippen molar-refractivity contribution in [3.63, 3.8) is 0 Å². The summed E-state index contributed by atoms with van der Waals surface area (Å²) in [6.07, 6.45) is -2.82. The SMILES string of the molecule is Cc1cc(N2C(=S)N[C@@H](c3ccccn3)[C@H]2c2cc(C)n(-c3ccccc3C(F)(F)F)c2C)ccc1F. The fourth-order valence-corrected chi connectivity index (χ4v) is 5.44. The van der Waals surface area contributed by atoms with Crippen molar-refractivity contribution in [1.82, 2.24) is 14.9 Å². The van der Waals surface area contributed by atoms with Gasteiger partial charge in [-0.3, -0.25) is 4.98 Å². The Morgan fingerprint density at radius 3 is 2.35 bits per heavy atom. The van der Waals surface area contributed by atoms with Crippen LogP contribution in [-0.4, -0.2) is 14.7 Å². The van der Waals surface area contributed by atoms with Gasteiger partial charge >= 0.3 is 6.18 Å². The van der Waals surface area contributed by atoms with Gasteiger partial charge in [0, 0.05) is 23.3 Å². The largest absolute Gasteiger partial charge is 0.418 e. The Hall–Kier alpha value is -3.72. The van der Waals surface area contributed by atoms with Crippen LogP contribution in [0.4, 0.5) is 23.2 Å². The molecule has 1 N–H and O–H groups in total. The molecule has 2 aromatic carbocycles. The van der Waals surface area contributed by atoms with E-state index in [1.54, 1.807) is 49.7 Å². The molecular weight excluding hydrogens is 500 g/mol. The van der Waals surface area contributed by atoms with Gasteiger partial charge in [-0.25, -0.2) is 4.39 Å². The lowest BCUT2D eigenvalue weighted by Gasteiger charge is -2.28. The van der Waals surface area contributed by atoms with Crippen LogP contribution in [0.15, 0.2) is 72.9 Å². The molecule has 1 saturated heterocycles. The monoisotopic (exact) mass is 524 g/mol. The Bertz CT molecular complexity index is 1480. The zero-order valence-corrected chi connectivity index (χ0v) is 21.2. The Morgan fingerprint density at radius 2 is 1.68 bits per heavy atom. The van der Waals surface area contributed by atoms with Crippen LogP contribution in [0, 0.1) is 26.6 Å². The van der Waals surface area contributed by atoms with E-state index in [2.05, 4.69) is 10.3 Å². The van der Waals surface area contributed by atoms with E-state index in [4.69, 9.17) is 12.2 Å². The number of aryl methyl sites for hydroxylation is 2. The van der Waals surface area contributed by atoms with Crippen LogP contribution in [0.1, 0.15) is 45.9 Å². The summed E-state index contributed by atoms with van der Waals surface area (Å²) >= 11 is 5.74. The van der Waals surface area contributed by atoms with Crippen molar-refractivity contribution in [2.45, 2.75) is 39.0 Å². The topological polar surface area (TPSA) is 33.1 Å². The van der Waals surface area contributed by atoms with E-state index >= 15 is 0 Å². The Labute approximate surface area is 217 Å². The maximum absolute atomic E-state index is 14.1. The van der Waals surface area contributed by atoms with Crippen LogP contribution in [0.3, 0.4) is 0 Å². The van der Waals surface area contributed by atoms with E-state index in [9.17, 15) is 17.6 Å². The highest BCUT2D eigenvalue weighted by molar-refractivity contribution is 7.80. The molecule has 1 aliphatic heterocycles. The lowest BCUT2D eigenvalue weighted by atomic mass is 9.96. The number of hydrogen-bond donors (Lipinski definition) is 1. The second-order valence-corrected chi connectivity index (χ2v) is 9.49. The quantitative estimate of drug-likeness (QED) is 0.227. The predicted molar refractivity (Wildman–Crippen MR) is 139 cm³/mol. The number of pyridine rings is 1. The van der Waals surface area contributed by atoms with Gasteiger partial charge in [0.1, 0.15) is 5.82 Å². The number of anilines is 1. The Kier molecular flexibility index (Phi) is 6.27. The second kappa shape index (κ2) is 9.30. The maximum Gasteiger partial charge on any atom is 0.418 e. The molecule has 9 heteroatoms. The van der Waals surface area contributed by atoms with Gasteiger partial charge < -0.3 is 14.8 Å². The maximum atomic E-state index is 14.1. The number of para-hydroxylation sites is 1. The third-order valence-corrected chi connectivity index (χ3v) is 7.07. The first-order valence-electron chi connectivity index (χ1n) is 11.7. The highest BCUT2D eigenvalue weighted by Gasteiger charge is 2.43. The highest BCUT2D eigenvalue weighted by Crippen LogP contribution is 2.44. The minimum Gasteiger partial charge on any atom is -0.351 e. The van der Waals surface area contributed by atoms with Crippen molar-refractivity contribution >= 4 is 23.0 Å². The van der Waals surface area contributed by atoms with Crippen molar-refractivity contribution in [2.24, 2.45) is 0 Å². The smallest absolute Gasteiger partial charge is 0.351 e. The molecule has 0 saturated carbocycles. The van der Waals surface area contributed by atoms with Gasteiger partial charge in [0.05, 0.1) is 29.0 Å². The number of nitrogens with one attached hydrogen (secondary N) is 1. The summed E-state index contributed by atoms with van der Waals surface area (Å²) in [7, 11) is 0. The lowest BCUT2D eigenvalue weighted by Crippen LogP contribution is -2.29. The van der Waals surface area contributed by atoms with E-state index in [0.717, 1.165) is 17.3 Å². The minimum atomic E-state index is -4.51. The van der Waals surface area contributed by atoms with Gasteiger partial charge in [-0.2, -0.15) is 13.2 Å². The van der Waals surface area contributed by atoms with E-state index in [0.29, 0.717) is 27.8 Å². The van der Waals surface area contributed by atoms with E-state index in [1.165, 1.54) is 18.2 Å². The zero-order valence-electron chi connectivity index (χ0n) is 20.3. The molecule has 2 atom stereocenters. The molecular formula is C28H24F4N4S. The lowest BCUT2D eigenvalue weighted by molar-refractivity contribution is -0.137. The average molecular weight is 525 g/mol. The summed E-state index contributed by atoms with van der Waals surface area (Å²) in [6.45, 7) is 5.27. The molecule has 0 spiro atoms. The fourth-order valence-electron chi connectivity index (χ4n) is 5.09. The summed E-state index contributed by atoms with van der Waals surface area (Å²) in [5.74, 6) is -0.332. The van der Waals surface area contributed by atoms with Crippen LogP contribution < -0.4 is 10.2 Å². The molecule has 0 aliphatic carbocycles. The molecule has 0 amide bonds. The van der Waals surface area contributed by atoms with Crippen LogP contribution in [0.5, 0.6) is 0 Å². The standard InChI is InChI=1S/C28H24F4N4S/c1-16-14-19(11-12-22(16)29)36-26(25(34-27(36)37)23-9-6-7-13-33-23)20-15-17(2)35(18(20)3)24-10-5-4-8-21(24)28(30,31)32/h4-15,25-26H,1-3H3,(H,34,37)/t25-,26+/m0/s1. The molecule has 37 heavy (non-hydrogen) atoms. The number of hydrogen-bond acceptors (Lipinski definition) is 2. The normalized spacial score (nSPS) is 17.8. The van der Waals surface area contributed by atoms with Crippen molar-refractivity contribution in [2.75, 3.05) is 4.90 Å². The van der Waals surface area contributed by atoms with Crippen molar-refractivity contribution in [1.29, 1.82) is 0 Å². The van der Waals surface area contributed by atoms with Crippen molar-refractivity contribution < 1.29 is 17.6 Å². The van der Waals surface area contributed by atoms with Gasteiger partial charge in [-0.15, -0.1) is 0 Å². The third kappa shape index (κ3) is 4.37.